The van der Waals surface area contributed by atoms with Gasteiger partial charge in [0.1, 0.15) is 11.6 Å². The lowest BCUT2D eigenvalue weighted by Crippen LogP contribution is -2.04. The molecule has 0 unspecified atom stereocenters. The molecule has 0 bridgehead atoms. The Hall–Kier alpha value is -3.33. The maximum absolute atomic E-state index is 5.91. The molecule has 0 atom stereocenters. The SMILES string of the molecule is CCc1ccc(OCCCCn2c(/C=C/c3ccccc3)nc3ccccc32)cc1. The Labute approximate surface area is 178 Å². The quantitative estimate of drug-likeness (QED) is 0.297. The molecule has 0 radical (unpaired) electrons. The van der Waals surface area contributed by atoms with Crippen molar-refractivity contribution in [1.29, 1.82) is 0 Å². The van der Waals surface area contributed by atoms with Crippen LogP contribution in [0.3, 0.4) is 0 Å². The molecule has 0 N–H and O–H groups in total. The van der Waals surface area contributed by atoms with Gasteiger partial charge < -0.3 is 9.30 Å². The first-order chi connectivity index (χ1) is 14.8. The molecule has 3 heteroatoms. The number of nitrogens with zero attached hydrogens (tertiary/aromatic N) is 2. The summed E-state index contributed by atoms with van der Waals surface area (Å²) in [5.74, 6) is 1.95. The van der Waals surface area contributed by atoms with Gasteiger partial charge in [-0.3, -0.25) is 0 Å². The molecule has 3 aromatic carbocycles. The van der Waals surface area contributed by atoms with Crippen LogP contribution in [0.2, 0.25) is 0 Å². The lowest BCUT2D eigenvalue weighted by Gasteiger charge is -2.09. The first-order valence-corrected chi connectivity index (χ1v) is 10.7. The third-order valence-corrected chi connectivity index (χ3v) is 5.28. The van der Waals surface area contributed by atoms with Crippen LogP contribution in [0.25, 0.3) is 23.2 Å². The van der Waals surface area contributed by atoms with Crippen molar-refractivity contribution in [3.8, 4) is 5.75 Å². The molecule has 0 amide bonds. The number of aromatic nitrogens is 2. The fourth-order valence-corrected chi connectivity index (χ4v) is 3.57. The Morgan fingerprint density at radius 2 is 1.60 bits per heavy atom. The molecule has 30 heavy (non-hydrogen) atoms. The van der Waals surface area contributed by atoms with Crippen molar-refractivity contribution in [2.24, 2.45) is 0 Å². The van der Waals surface area contributed by atoms with Crippen molar-refractivity contribution >= 4 is 23.2 Å². The summed E-state index contributed by atoms with van der Waals surface area (Å²) < 4.78 is 8.22. The van der Waals surface area contributed by atoms with E-state index in [9.17, 15) is 0 Å². The Morgan fingerprint density at radius 3 is 2.40 bits per heavy atom. The second-order valence-corrected chi connectivity index (χ2v) is 7.41. The van der Waals surface area contributed by atoms with Gasteiger partial charge in [-0.15, -0.1) is 0 Å². The van der Waals surface area contributed by atoms with E-state index in [1.165, 1.54) is 16.6 Å². The molecule has 4 rings (SSSR count). The molecule has 0 saturated heterocycles. The van der Waals surface area contributed by atoms with Crippen LogP contribution >= 0.6 is 0 Å². The van der Waals surface area contributed by atoms with Gasteiger partial charge in [-0.05, 0) is 60.7 Å². The van der Waals surface area contributed by atoms with Crippen LogP contribution in [-0.2, 0) is 13.0 Å². The Balaban J connectivity index is 1.39. The lowest BCUT2D eigenvalue weighted by molar-refractivity contribution is 0.303. The van der Waals surface area contributed by atoms with E-state index < -0.39 is 0 Å². The van der Waals surface area contributed by atoms with E-state index in [1.807, 2.05) is 12.1 Å². The van der Waals surface area contributed by atoms with Crippen molar-refractivity contribution in [2.75, 3.05) is 6.61 Å². The molecule has 1 heterocycles. The van der Waals surface area contributed by atoms with Crippen LogP contribution in [-0.4, -0.2) is 16.2 Å². The van der Waals surface area contributed by atoms with E-state index in [1.54, 1.807) is 0 Å². The maximum Gasteiger partial charge on any atom is 0.133 e. The number of hydrogen-bond donors (Lipinski definition) is 0. The summed E-state index contributed by atoms with van der Waals surface area (Å²) >= 11 is 0. The largest absolute Gasteiger partial charge is 0.494 e. The van der Waals surface area contributed by atoms with Crippen LogP contribution in [0.4, 0.5) is 0 Å². The Morgan fingerprint density at radius 1 is 0.833 bits per heavy atom. The second kappa shape index (κ2) is 9.93. The first-order valence-electron chi connectivity index (χ1n) is 10.7. The number of hydrogen-bond acceptors (Lipinski definition) is 2. The highest BCUT2D eigenvalue weighted by Crippen LogP contribution is 2.19. The minimum Gasteiger partial charge on any atom is -0.494 e. The van der Waals surface area contributed by atoms with Crippen molar-refractivity contribution in [1.82, 2.24) is 9.55 Å². The highest BCUT2D eigenvalue weighted by Gasteiger charge is 2.08. The first kappa shape index (κ1) is 20.0. The molecular weight excluding hydrogens is 368 g/mol. The molecule has 0 aliphatic carbocycles. The smallest absolute Gasteiger partial charge is 0.133 e. The predicted octanol–water partition coefficient (Wildman–Crippen LogP) is 6.63. The average Bonchev–Trinajstić information content (AvgIpc) is 3.16. The Bertz CT molecular complexity index is 1090. The monoisotopic (exact) mass is 396 g/mol. The topological polar surface area (TPSA) is 27.1 Å². The number of para-hydroxylation sites is 2. The molecule has 4 aromatic rings. The summed E-state index contributed by atoms with van der Waals surface area (Å²) in [4.78, 5) is 4.84. The summed E-state index contributed by atoms with van der Waals surface area (Å²) in [6.07, 6.45) is 7.34. The van der Waals surface area contributed by atoms with Crippen LogP contribution in [0, 0.1) is 0 Å². The molecular formula is C27H28N2O. The summed E-state index contributed by atoms with van der Waals surface area (Å²) in [6, 6.07) is 27.1. The van der Waals surface area contributed by atoms with Crippen LogP contribution < -0.4 is 4.74 Å². The van der Waals surface area contributed by atoms with Gasteiger partial charge in [-0.1, -0.05) is 67.6 Å². The minimum absolute atomic E-state index is 0.729. The summed E-state index contributed by atoms with van der Waals surface area (Å²) in [6.45, 7) is 3.82. The van der Waals surface area contributed by atoms with E-state index in [-0.39, 0.29) is 0 Å². The van der Waals surface area contributed by atoms with Crippen molar-refractivity contribution in [3.63, 3.8) is 0 Å². The van der Waals surface area contributed by atoms with Gasteiger partial charge in [-0.2, -0.15) is 0 Å². The summed E-state index contributed by atoms with van der Waals surface area (Å²) in [7, 11) is 0. The molecule has 0 fully saturated rings. The van der Waals surface area contributed by atoms with Gasteiger partial charge in [0.05, 0.1) is 17.6 Å². The molecule has 0 aliphatic rings. The number of aryl methyl sites for hydroxylation is 2. The number of benzene rings is 3. The van der Waals surface area contributed by atoms with Crippen LogP contribution in [0.5, 0.6) is 5.75 Å². The number of rotatable bonds is 9. The summed E-state index contributed by atoms with van der Waals surface area (Å²) in [5, 5.41) is 0. The minimum atomic E-state index is 0.729. The normalized spacial score (nSPS) is 11.4. The molecule has 3 nitrogen and oxygen atoms in total. The van der Waals surface area contributed by atoms with Gasteiger partial charge in [0.2, 0.25) is 0 Å². The highest BCUT2D eigenvalue weighted by molar-refractivity contribution is 5.79. The van der Waals surface area contributed by atoms with Crippen LogP contribution in [0.1, 0.15) is 36.7 Å². The van der Waals surface area contributed by atoms with E-state index in [4.69, 9.17) is 9.72 Å². The van der Waals surface area contributed by atoms with Crippen molar-refractivity contribution in [2.45, 2.75) is 32.7 Å². The zero-order valence-corrected chi connectivity index (χ0v) is 17.5. The fraction of sp³-hybridized carbons (Fsp3) is 0.222. The fourth-order valence-electron chi connectivity index (χ4n) is 3.57. The van der Waals surface area contributed by atoms with E-state index >= 15 is 0 Å². The summed E-state index contributed by atoms with van der Waals surface area (Å²) in [5.41, 5.74) is 4.74. The lowest BCUT2D eigenvalue weighted by atomic mass is 10.2. The number of ether oxygens (including phenoxy) is 1. The highest BCUT2D eigenvalue weighted by atomic mass is 16.5. The van der Waals surface area contributed by atoms with Gasteiger partial charge in [0.25, 0.3) is 0 Å². The van der Waals surface area contributed by atoms with Crippen molar-refractivity contribution < 1.29 is 4.74 Å². The Kier molecular flexibility index (Phi) is 6.61. The third kappa shape index (κ3) is 4.98. The standard InChI is InChI=1S/C27H28N2O/c1-2-22-14-17-24(18-15-22)30-21-9-8-20-29-26-13-7-6-12-25(26)28-27(29)19-16-23-10-4-3-5-11-23/h3-7,10-19H,2,8-9,20-21H2,1H3/b19-16+. The van der Waals surface area contributed by atoms with Gasteiger partial charge in [0.15, 0.2) is 0 Å². The van der Waals surface area contributed by atoms with E-state index in [0.717, 1.165) is 49.5 Å². The molecule has 1 aromatic heterocycles. The van der Waals surface area contributed by atoms with E-state index in [0.29, 0.717) is 0 Å². The molecule has 0 aliphatic heterocycles. The number of imidazole rings is 1. The second-order valence-electron chi connectivity index (χ2n) is 7.41. The zero-order valence-electron chi connectivity index (χ0n) is 17.5. The van der Waals surface area contributed by atoms with Gasteiger partial charge >= 0.3 is 0 Å². The average molecular weight is 397 g/mol. The number of fused-ring (bicyclic) bond motifs is 1. The van der Waals surface area contributed by atoms with Crippen molar-refractivity contribution in [3.05, 3.63) is 95.8 Å². The predicted molar refractivity (Wildman–Crippen MR) is 126 cm³/mol. The third-order valence-electron chi connectivity index (χ3n) is 5.28. The van der Waals surface area contributed by atoms with Gasteiger partial charge in [-0.25, -0.2) is 4.98 Å². The van der Waals surface area contributed by atoms with E-state index in [2.05, 4.69) is 90.4 Å². The van der Waals surface area contributed by atoms with Crippen LogP contribution in [0.15, 0.2) is 78.9 Å². The molecule has 152 valence electrons. The zero-order chi connectivity index (χ0) is 20.6. The molecule has 0 spiro atoms. The molecule has 0 saturated carbocycles. The van der Waals surface area contributed by atoms with Gasteiger partial charge in [0, 0.05) is 6.54 Å². The maximum atomic E-state index is 5.91. The number of unbranched alkanes of at least 4 members (excludes halogenated alkanes) is 1.